The molecule has 0 bridgehead atoms. The second-order valence-electron chi connectivity index (χ2n) is 19.3. The number of carbonyl (C=O) groups is 2. The quantitative estimate of drug-likeness (QED) is 0.0245. The van der Waals surface area contributed by atoms with E-state index in [1.54, 1.807) is 6.08 Å². The Morgan fingerprint density at radius 2 is 0.769 bits per heavy atom. The molecule has 0 saturated carbocycles. The van der Waals surface area contributed by atoms with Gasteiger partial charge in [-0.25, -0.2) is 0 Å². The molecule has 0 heterocycles. The first kappa shape index (κ1) is 62.8. The third kappa shape index (κ3) is 51.1. The van der Waals surface area contributed by atoms with E-state index in [0.29, 0.717) is 19.4 Å². The molecule has 0 aliphatic heterocycles. The van der Waals surface area contributed by atoms with Crippen molar-refractivity contribution in [1.29, 1.82) is 0 Å². The number of esters is 1. The van der Waals surface area contributed by atoms with Crippen LogP contribution in [0.1, 0.15) is 290 Å². The number of unbranched alkanes of at least 4 members (excludes halogenated alkanes) is 36. The Morgan fingerprint density at radius 3 is 1.18 bits per heavy atom. The maximum Gasteiger partial charge on any atom is 0.305 e. The number of allylic oxidation sites excluding steroid dienone is 7. The molecule has 65 heavy (non-hydrogen) atoms. The Bertz CT molecular complexity index is 1100. The summed E-state index contributed by atoms with van der Waals surface area (Å²) in [4.78, 5) is 24.5. The van der Waals surface area contributed by atoms with Crippen LogP contribution in [0, 0.1) is 0 Å². The van der Waals surface area contributed by atoms with Crippen molar-refractivity contribution in [2.75, 3.05) is 13.2 Å². The molecule has 0 aromatic rings. The minimum atomic E-state index is -0.850. The second-order valence-corrected chi connectivity index (χ2v) is 19.3. The first-order chi connectivity index (χ1) is 32.0. The highest BCUT2D eigenvalue weighted by Crippen LogP contribution is 2.15. The topological polar surface area (TPSA) is 95.9 Å². The lowest BCUT2D eigenvalue weighted by atomic mass is 10.0. The standard InChI is InChI=1S/C59H109NO5/c1-3-5-7-9-11-13-15-16-17-18-23-26-29-33-37-41-45-49-53-59(64)65-54-50-46-42-38-34-30-27-24-21-19-20-22-25-28-32-36-40-44-48-52-58(63)60-56(55-61)57(62)51-47-43-39-35-31-14-12-10-8-6-4-2/h17-18,24,27,30,34,47,51,56-57,61-62H,3-16,19-23,25-26,28-29,31-33,35-46,48-50,52-55H2,1-2H3,(H,60,63)/b18-17-,27-24-,34-30-,51-47+. The highest BCUT2D eigenvalue weighted by atomic mass is 16.5. The SMILES string of the molecule is CCCCCCCCC/C=C\CCCCCCCCCC(=O)OCCCCC/C=C\C=C/CCCCCCCCCCCCC(=O)NC(CO)C(O)/C=C/CCCCCCCCCCC. The maximum atomic E-state index is 12.4. The van der Waals surface area contributed by atoms with E-state index in [9.17, 15) is 19.8 Å². The predicted octanol–water partition coefficient (Wildman–Crippen LogP) is 17.4. The van der Waals surface area contributed by atoms with Crippen LogP contribution in [0.2, 0.25) is 0 Å². The van der Waals surface area contributed by atoms with Crippen molar-refractivity contribution in [2.45, 2.75) is 302 Å². The average molecular weight is 913 g/mol. The van der Waals surface area contributed by atoms with Crippen molar-refractivity contribution in [3.63, 3.8) is 0 Å². The van der Waals surface area contributed by atoms with Gasteiger partial charge in [-0.15, -0.1) is 0 Å². The first-order valence-electron chi connectivity index (χ1n) is 28.4. The lowest BCUT2D eigenvalue weighted by molar-refractivity contribution is -0.143. The molecule has 0 radical (unpaired) electrons. The molecule has 1 amide bonds. The number of rotatable bonds is 52. The van der Waals surface area contributed by atoms with Gasteiger partial charge < -0.3 is 20.3 Å². The van der Waals surface area contributed by atoms with Gasteiger partial charge in [0.25, 0.3) is 0 Å². The predicted molar refractivity (Wildman–Crippen MR) is 282 cm³/mol. The third-order valence-electron chi connectivity index (χ3n) is 12.8. The van der Waals surface area contributed by atoms with E-state index in [-0.39, 0.29) is 18.5 Å². The second kappa shape index (κ2) is 54.4. The molecule has 0 saturated heterocycles. The number of nitrogens with one attached hydrogen (secondary N) is 1. The van der Waals surface area contributed by atoms with E-state index in [1.165, 1.54) is 186 Å². The van der Waals surface area contributed by atoms with Crippen LogP contribution >= 0.6 is 0 Å². The summed E-state index contributed by atoms with van der Waals surface area (Å²) in [6.45, 7) is 4.84. The highest BCUT2D eigenvalue weighted by Gasteiger charge is 2.18. The fourth-order valence-corrected chi connectivity index (χ4v) is 8.44. The Hall–Kier alpha value is -2.18. The van der Waals surface area contributed by atoms with Crippen LogP contribution in [-0.2, 0) is 14.3 Å². The number of aliphatic hydroxyl groups is 2. The Kier molecular flexibility index (Phi) is 52.6. The van der Waals surface area contributed by atoms with E-state index >= 15 is 0 Å². The van der Waals surface area contributed by atoms with Gasteiger partial charge in [0.05, 0.1) is 25.4 Å². The fourth-order valence-electron chi connectivity index (χ4n) is 8.44. The molecule has 2 atom stereocenters. The molecule has 0 fully saturated rings. The zero-order chi connectivity index (χ0) is 47.2. The summed E-state index contributed by atoms with van der Waals surface area (Å²) in [5.41, 5.74) is 0. The third-order valence-corrected chi connectivity index (χ3v) is 12.8. The summed E-state index contributed by atoms with van der Waals surface area (Å²) >= 11 is 0. The number of carbonyl (C=O) groups excluding carboxylic acids is 2. The van der Waals surface area contributed by atoms with E-state index < -0.39 is 12.1 Å². The zero-order valence-corrected chi connectivity index (χ0v) is 43.2. The molecule has 6 heteroatoms. The molecular weight excluding hydrogens is 803 g/mol. The summed E-state index contributed by atoms with van der Waals surface area (Å²) in [5.74, 6) is -0.0978. The molecule has 0 aliphatic carbocycles. The van der Waals surface area contributed by atoms with Crippen LogP contribution in [0.3, 0.4) is 0 Å². The average Bonchev–Trinajstić information content (AvgIpc) is 3.31. The van der Waals surface area contributed by atoms with Crippen molar-refractivity contribution in [1.82, 2.24) is 5.32 Å². The van der Waals surface area contributed by atoms with Gasteiger partial charge >= 0.3 is 5.97 Å². The summed E-state index contributed by atoms with van der Waals surface area (Å²) in [6, 6.07) is -0.635. The summed E-state index contributed by atoms with van der Waals surface area (Å²) in [5, 5.41) is 23.0. The van der Waals surface area contributed by atoms with Crippen molar-refractivity contribution >= 4 is 11.9 Å². The zero-order valence-electron chi connectivity index (χ0n) is 43.2. The molecule has 2 unspecified atom stereocenters. The molecule has 380 valence electrons. The molecule has 0 aromatic carbocycles. The van der Waals surface area contributed by atoms with Gasteiger partial charge in [0, 0.05) is 12.8 Å². The van der Waals surface area contributed by atoms with Crippen molar-refractivity contribution in [3.8, 4) is 0 Å². The fraction of sp³-hybridized carbons (Fsp3) is 0.831. The van der Waals surface area contributed by atoms with Gasteiger partial charge in [0.1, 0.15) is 0 Å². The van der Waals surface area contributed by atoms with Crippen molar-refractivity contribution < 1.29 is 24.5 Å². The van der Waals surface area contributed by atoms with Crippen LogP contribution in [0.15, 0.2) is 48.6 Å². The minimum absolute atomic E-state index is 0.0177. The molecule has 0 rings (SSSR count). The van der Waals surface area contributed by atoms with E-state index in [2.05, 4.69) is 55.6 Å². The van der Waals surface area contributed by atoms with Gasteiger partial charge in [-0.3, -0.25) is 9.59 Å². The van der Waals surface area contributed by atoms with Crippen molar-refractivity contribution in [2.24, 2.45) is 0 Å². The molecule has 0 spiro atoms. The summed E-state index contributed by atoms with van der Waals surface area (Å²) in [7, 11) is 0. The molecule has 0 aromatic heterocycles. The molecule has 0 aliphatic rings. The molecular formula is C59H109NO5. The smallest absolute Gasteiger partial charge is 0.305 e. The Balaban J connectivity index is 3.48. The largest absolute Gasteiger partial charge is 0.466 e. The van der Waals surface area contributed by atoms with Crippen LogP contribution in [0.4, 0.5) is 0 Å². The van der Waals surface area contributed by atoms with Crippen LogP contribution in [0.5, 0.6) is 0 Å². The van der Waals surface area contributed by atoms with Gasteiger partial charge in [0.2, 0.25) is 5.91 Å². The molecule has 6 nitrogen and oxygen atoms in total. The normalized spacial score (nSPS) is 13.0. The Morgan fingerprint density at radius 1 is 0.431 bits per heavy atom. The van der Waals surface area contributed by atoms with Crippen molar-refractivity contribution in [3.05, 3.63) is 48.6 Å². The summed E-state index contributed by atoms with van der Waals surface area (Å²) in [6.07, 6.45) is 68.5. The summed E-state index contributed by atoms with van der Waals surface area (Å²) < 4.78 is 5.46. The number of ether oxygens (including phenoxy) is 1. The van der Waals surface area contributed by atoms with Gasteiger partial charge in [-0.1, -0.05) is 236 Å². The maximum absolute atomic E-state index is 12.4. The highest BCUT2D eigenvalue weighted by molar-refractivity contribution is 5.76. The lowest BCUT2D eigenvalue weighted by Crippen LogP contribution is -2.45. The van der Waals surface area contributed by atoms with Gasteiger partial charge in [0.15, 0.2) is 0 Å². The number of hydrogen-bond donors (Lipinski definition) is 3. The molecule has 3 N–H and O–H groups in total. The monoisotopic (exact) mass is 912 g/mol. The van der Waals surface area contributed by atoms with E-state index in [0.717, 1.165) is 77.0 Å². The van der Waals surface area contributed by atoms with E-state index in [4.69, 9.17) is 4.74 Å². The first-order valence-corrected chi connectivity index (χ1v) is 28.4. The lowest BCUT2D eigenvalue weighted by Gasteiger charge is -2.20. The number of aliphatic hydroxyl groups excluding tert-OH is 2. The minimum Gasteiger partial charge on any atom is -0.466 e. The van der Waals surface area contributed by atoms with Crippen LogP contribution < -0.4 is 5.32 Å². The number of hydrogen-bond acceptors (Lipinski definition) is 5. The van der Waals surface area contributed by atoms with Gasteiger partial charge in [-0.05, 0) is 89.9 Å². The van der Waals surface area contributed by atoms with Crippen LogP contribution in [-0.4, -0.2) is 47.4 Å². The van der Waals surface area contributed by atoms with Crippen LogP contribution in [0.25, 0.3) is 0 Å². The number of amides is 1. The Labute approximate surface area is 404 Å². The van der Waals surface area contributed by atoms with Gasteiger partial charge in [-0.2, -0.15) is 0 Å². The van der Waals surface area contributed by atoms with E-state index in [1.807, 2.05) is 6.08 Å².